The van der Waals surface area contributed by atoms with E-state index < -0.39 is 0 Å². The monoisotopic (exact) mass is 475 g/mol. The van der Waals surface area contributed by atoms with Crippen LogP contribution in [0.15, 0.2) is 72.8 Å². The van der Waals surface area contributed by atoms with Gasteiger partial charge in [0.05, 0.1) is 11.7 Å². The summed E-state index contributed by atoms with van der Waals surface area (Å²) in [6.07, 6.45) is 0. The minimum absolute atomic E-state index is 0.0643. The molecule has 1 N–H and O–H groups in total. The van der Waals surface area contributed by atoms with Gasteiger partial charge in [-0.15, -0.1) is 0 Å². The first-order valence-corrected chi connectivity index (χ1v) is 11.7. The van der Waals surface area contributed by atoms with E-state index >= 15 is 0 Å². The summed E-state index contributed by atoms with van der Waals surface area (Å²) in [6, 6.07) is 23.4. The highest BCUT2D eigenvalue weighted by Crippen LogP contribution is 2.43. The van der Waals surface area contributed by atoms with Crippen molar-refractivity contribution in [3.05, 3.63) is 111 Å². The molecule has 1 aliphatic heterocycles. The van der Waals surface area contributed by atoms with Crippen molar-refractivity contribution in [3.8, 4) is 11.3 Å². The van der Waals surface area contributed by atoms with Crippen molar-refractivity contribution in [2.75, 3.05) is 0 Å². The first-order valence-electron chi connectivity index (χ1n) is 10.9. The lowest BCUT2D eigenvalue weighted by atomic mass is 9.93. The van der Waals surface area contributed by atoms with Crippen molar-refractivity contribution in [1.82, 2.24) is 15.1 Å². The maximum Gasteiger partial charge on any atom is 0.273 e. The third-order valence-electron chi connectivity index (χ3n) is 6.17. The highest BCUT2D eigenvalue weighted by Gasteiger charge is 2.42. The zero-order chi connectivity index (χ0) is 23.1. The molecule has 1 aromatic heterocycles. The van der Waals surface area contributed by atoms with Gasteiger partial charge in [-0.3, -0.25) is 9.89 Å². The summed E-state index contributed by atoms with van der Waals surface area (Å²) in [5, 5.41) is 8.87. The molecule has 166 valence electrons. The molecular formula is C27H23Cl2N3O. The molecule has 2 heterocycles. The number of carbonyl (C=O) groups excluding carboxylic acids is 1. The van der Waals surface area contributed by atoms with Crippen molar-refractivity contribution in [3.63, 3.8) is 0 Å². The number of hydrogen-bond acceptors (Lipinski definition) is 2. The van der Waals surface area contributed by atoms with E-state index in [2.05, 4.69) is 48.3 Å². The lowest BCUT2D eigenvalue weighted by Gasteiger charge is -2.27. The molecule has 0 aliphatic carbocycles. The number of nitrogens with zero attached hydrogens (tertiary/aromatic N) is 2. The summed E-state index contributed by atoms with van der Waals surface area (Å²) < 4.78 is 0. The highest BCUT2D eigenvalue weighted by molar-refractivity contribution is 6.30. The van der Waals surface area contributed by atoms with Gasteiger partial charge in [-0.25, -0.2) is 0 Å². The molecule has 6 heteroatoms. The van der Waals surface area contributed by atoms with Crippen LogP contribution in [0, 0.1) is 0 Å². The van der Waals surface area contributed by atoms with E-state index in [0.717, 1.165) is 27.9 Å². The number of aromatic amines is 1. The Kier molecular flexibility index (Phi) is 5.73. The number of rotatable bonds is 5. The van der Waals surface area contributed by atoms with Gasteiger partial charge in [0, 0.05) is 27.7 Å². The number of amides is 1. The van der Waals surface area contributed by atoms with Crippen molar-refractivity contribution in [2.45, 2.75) is 32.4 Å². The molecule has 5 rings (SSSR count). The first kappa shape index (κ1) is 21.7. The zero-order valence-corrected chi connectivity index (χ0v) is 19.9. The quantitative estimate of drug-likeness (QED) is 0.330. The van der Waals surface area contributed by atoms with Crippen molar-refractivity contribution in [2.24, 2.45) is 0 Å². The van der Waals surface area contributed by atoms with E-state index in [1.165, 1.54) is 5.56 Å². The van der Waals surface area contributed by atoms with Crippen LogP contribution in [0.1, 0.15) is 58.5 Å². The molecule has 0 bridgehead atoms. The van der Waals surface area contributed by atoms with Crippen LogP contribution in [0.2, 0.25) is 10.0 Å². The number of aromatic nitrogens is 2. The number of H-pyrrole nitrogens is 1. The van der Waals surface area contributed by atoms with Crippen LogP contribution < -0.4 is 0 Å². The molecular weight excluding hydrogens is 453 g/mol. The van der Waals surface area contributed by atoms with Gasteiger partial charge >= 0.3 is 0 Å². The number of carbonyl (C=O) groups is 1. The van der Waals surface area contributed by atoms with Crippen LogP contribution >= 0.6 is 23.2 Å². The molecule has 0 radical (unpaired) electrons. The second-order valence-corrected chi connectivity index (χ2v) is 9.52. The van der Waals surface area contributed by atoms with Gasteiger partial charge < -0.3 is 4.90 Å². The Morgan fingerprint density at radius 3 is 2.12 bits per heavy atom. The molecule has 4 nitrogen and oxygen atoms in total. The summed E-state index contributed by atoms with van der Waals surface area (Å²) in [5.41, 5.74) is 6.45. The van der Waals surface area contributed by atoms with E-state index in [-0.39, 0.29) is 11.9 Å². The van der Waals surface area contributed by atoms with Gasteiger partial charge in [0.1, 0.15) is 5.69 Å². The van der Waals surface area contributed by atoms with Crippen LogP contribution in [0.4, 0.5) is 0 Å². The minimum Gasteiger partial charge on any atom is -0.322 e. The van der Waals surface area contributed by atoms with Gasteiger partial charge in [-0.2, -0.15) is 5.10 Å². The van der Waals surface area contributed by atoms with E-state index in [0.29, 0.717) is 28.2 Å². The van der Waals surface area contributed by atoms with Crippen LogP contribution in [0.25, 0.3) is 11.3 Å². The Bertz CT molecular complexity index is 1290. The Balaban J connectivity index is 1.62. The van der Waals surface area contributed by atoms with Gasteiger partial charge in [0.25, 0.3) is 5.91 Å². The molecule has 0 saturated heterocycles. The molecule has 1 aliphatic rings. The zero-order valence-electron chi connectivity index (χ0n) is 18.3. The summed E-state index contributed by atoms with van der Waals surface area (Å²) in [6.45, 7) is 4.82. The van der Waals surface area contributed by atoms with Crippen LogP contribution in [-0.4, -0.2) is 21.0 Å². The summed E-state index contributed by atoms with van der Waals surface area (Å²) in [7, 11) is 0. The number of benzene rings is 3. The summed E-state index contributed by atoms with van der Waals surface area (Å²) >= 11 is 12.2. The fraction of sp³-hybridized carbons (Fsp3) is 0.185. The number of nitrogens with one attached hydrogen (secondary N) is 1. The van der Waals surface area contributed by atoms with Gasteiger partial charge in [-0.05, 0) is 46.9 Å². The fourth-order valence-corrected chi connectivity index (χ4v) is 4.64. The van der Waals surface area contributed by atoms with Crippen LogP contribution in [0.3, 0.4) is 0 Å². The Morgan fingerprint density at radius 1 is 0.909 bits per heavy atom. The number of halogens is 2. The summed E-state index contributed by atoms with van der Waals surface area (Å²) in [5.74, 6) is 0.370. The molecule has 1 atom stereocenters. The third kappa shape index (κ3) is 4.05. The molecule has 0 spiro atoms. The molecule has 1 amide bonds. The third-order valence-corrected chi connectivity index (χ3v) is 6.67. The second-order valence-electron chi connectivity index (χ2n) is 8.65. The molecule has 0 fully saturated rings. The second kappa shape index (κ2) is 8.69. The lowest BCUT2D eigenvalue weighted by Crippen LogP contribution is -2.29. The van der Waals surface area contributed by atoms with E-state index in [9.17, 15) is 4.79 Å². The maximum atomic E-state index is 13.5. The van der Waals surface area contributed by atoms with Gasteiger partial charge in [0.15, 0.2) is 0 Å². The number of fused-ring (bicyclic) bond motifs is 1. The van der Waals surface area contributed by atoms with Crippen molar-refractivity contribution >= 4 is 29.1 Å². The molecule has 0 saturated carbocycles. The Morgan fingerprint density at radius 2 is 1.52 bits per heavy atom. The average Bonchev–Trinajstić information content (AvgIpc) is 3.35. The van der Waals surface area contributed by atoms with E-state index in [1.54, 1.807) is 0 Å². The topological polar surface area (TPSA) is 49.0 Å². The largest absolute Gasteiger partial charge is 0.322 e. The minimum atomic E-state index is -0.256. The van der Waals surface area contributed by atoms with Gasteiger partial charge in [0.2, 0.25) is 0 Å². The first-order chi connectivity index (χ1) is 15.9. The lowest BCUT2D eigenvalue weighted by molar-refractivity contribution is 0.0730. The molecule has 3 aromatic carbocycles. The Hall–Kier alpha value is -3.08. The summed E-state index contributed by atoms with van der Waals surface area (Å²) in [4.78, 5) is 15.4. The van der Waals surface area contributed by atoms with Crippen molar-refractivity contribution < 1.29 is 4.79 Å². The standard InChI is InChI=1S/C27H23Cl2N3O/c1-16(2)18-5-7-20(8-6-18)26-23-24(19-9-13-22(29)14-10-19)30-31-25(23)27(33)32(26)15-17-3-11-21(28)12-4-17/h3-14,16,26H,15H2,1-2H3,(H,30,31). The smallest absolute Gasteiger partial charge is 0.273 e. The fourth-order valence-electron chi connectivity index (χ4n) is 4.38. The molecule has 33 heavy (non-hydrogen) atoms. The average molecular weight is 476 g/mol. The predicted octanol–water partition coefficient (Wildman–Crippen LogP) is 7.25. The molecule has 4 aromatic rings. The van der Waals surface area contributed by atoms with E-state index in [1.807, 2.05) is 53.4 Å². The Labute approximate surface area is 203 Å². The number of hydrogen-bond donors (Lipinski definition) is 1. The van der Waals surface area contributed by atoms with Crippen molar-refractivity contribution in [1.29, 1.82) is 0 Å². The SMILES string of the molecule is CC(C)c1ccc(C2c3c(-c4ccc(Cl)cc4)n[nH]c3C(=O)N2Cc2ccc(Cl)cc2)cc1. The van der Waals surface area contributed by atoms with Crippen LogP contribution in [0.5, 0.6) is 0 Å². The highest BCUT2D eigenvalue weighted by atomic mass is 35.5. The van der Waals surface area contributed by atoms with Crippen LogP contribution in [-0.2, 0) is 6.54 Å². The van der Waals surface area contributed by atoms with E-state index in [4.69, 9.17) is 23.2 Å². The molecule has 1 unspecified atom stereocenters. The normalized spacial score (nSPS) is 15.4. The van der Waals surface area contributed by atoms with Gasteiger partial charge in [-0.1, -0.05) is 85.6 Å². The maximum absolute atomic E-state index is 13.5. The predicted molar refractivity (Wildman–Crippen MR) is 133 cm³/mol.